The number of hydrogen-bond donors (Lipinski definition) is 1. The van der Waals surface area contributed by atoms with E-state index in [0.29, 0.717) is 5.75 Å². The molecule has 2 aromatic rings. The van der Waals surface area contributed by atoms with Crippen molar-refractivity contribution in [1.82, 2.24) is 0 Å². The van der Waals surface area contributed by atoms with E-state index in [1.54, 1.807) is 12.1 Å². The first-order valence-corrected chi connectivity index (χ1v) is 11.4. The SMILES string of the molecule is CCCCCCCCCCc1ccc(Oc2cc([O-])ccc2S(=O)(=O)O)cc1.[K+]. The Morgan fingerprint density at radius 2 is 1.48 bits per heavy atom. The molecule has 7 heteroatoms. The first-order chi connectivity index (χ1) is 13.4. The Bertz CT molecular complexity index is 835. The third-order valence-electron chi connectivity index (χ3n) is 4.66. The number of aryl methyl sites for hydroxylation is 1. The van der Waals surface area contributed by atoms with Crippen LogP contribution in [0.3, 0.4) is 0 Å². The van der Waals surface area contributed by atoms with Gasteiger partial charge in [0, 0.05) is 0 Å². The summed E-state index contributed by atoms with van der Waals surface area (Å²) in [6.07, 6.45) is 11.2. The predicted molar refractivity (Wildman–Crippen MR) is 109 cm³/mol. The number of rotatable bonds is 12. The van der Waals surface area contributed by atoms with Gasteiger partial charge in [0.1, 0.15) is 16.4 Å². The summed E-state index contributed by atoms with van der Waals surface area (Å²) >= 11 is 0. The Labute approximate surface area is 217 Å². The second kappa shape index (κ2) is 13.8. The summed E-state index contributed by atoms with van der Waals surface area (Å²) in [5.74, 6) is -0.158. The van der Waals surface area contributed by atoms with Crippen LogP contribution in [0, 0.1) is 0 Å². The third-order valence-corrected chi connectivity index (χ3v) is 5.56. The minimum Gasteiger partial charge on any atom is -0.872 e. The zero-order valence-electron chi connectivity index (χ0n) is 17.4. The predicted octanol–water partition coefficient (Wildman–Crippen LogP) is 2.49. The van der Waals surface area contributed by atoms with Gasteiger partial charge >= 0.3 is 51.4 Å². The summed E-state index contributed by atoms with van der Waals surface area (Å²) in [6.45, 7) is 2.23. The van der Waals surface area contributed by atoms with Gasteiger partial charge in [-0.1, -0.05) is 70.1 Å². The van der Waals surface area contributed by atoms with Gasteiger partial charge in [-0.05, 0) is 42.7 Å². The monoisotopic (exact) mass is 444 g/mol. The number of ether oxygens (including phenoxy) is 1. The summed E-state index contributed by atoms with van der Waals surface area (Å²) in [5.41, 5.74) is 1.19. The van der Waals surface area contributed by atoms with Crippen LogP contribution in [0.25, 0.3) is 0 Å². The molecule has 0 radical (unpaired) electrons. The summed E-state index contributed by atoms with van der Waals surface area (Å²) in [6, 6.07) is 10.5. The second-order valence-corrected chi connectivity index (χ2v) is 8.44. The fourth-order valence-electron chi connectivity index (χ4n) is 3.10. The number of unbranched alkanes of at least 4 members (excludes halogenated alkanes) is 7. The molecular weight excluding hydrogens is 415 g/mol. The Hall–Kier alpha value is -0.414. The van der Waals surface area contributed by atoms with Gasteiger partial charge in [0.15, 0.2) is 0 Å². The van der Waals surface area contributed by atoms with Crippen molar-refractivity contribution in [2.24, 2.45) is 0 Å². The molecule has 0 bridgehead atoms. The maximum Gasteiger partial charge on any atom is 1.00 e. The van der Waals surface area contributed by atoms with E-state index >= 15 is 0 Å². The van der Waals surface area contributed by atoms with E-state index in [4.69, 9.17) is 4.74 Å². The smallest absolute Gasteiger partial charge is 0.872 e. The van der Waals surface area contributed by atoms with Crippen LogP contribution in [0.5, 0.6) is 17.2 Å². The van der Waals surface area contributed by atoms with Gasteiger partial charge in [-0.2, -0.15) is 8.42 Å². The van der Waals surface area contributed by atoms with E-state index in [-0.39, 0.29) is 57.1 Å². The average molecular weight is 445 g/mol. The van der Waals surface area contributed by atoms with Crippen molar-refractivity contribution >= 4 is 10.1 Å². The minimum absolute atomic E-state index is 0. The fraction of sp³-hybridized carbons (Fsp3) is 0.455. The van der Waals surface area contributed by atoms with Crippen molar-refractivity contribution < 1.29 is 74.2 Å². The van der Waals surface area contributed by atoms with Gasteiger partial charge in [0.25, 0.3) is 10.1 Å². The first-order valence-electron chi connectivity index (χ1n) is 9.95. The molecule has 0 aromatic heterocycles. The Kier molecular flexibility index (Phi) is 12.7. The Morgan fingerprint density at radius 3 is 2.07 bits per heavy atom. The minimum atomic E-state index is -4.47. The zero-order chi connectivity index (χ0) is 20.4. The van der Waals surface area contributed by atoms with Gasteiger partial charge in [0.05, 0.1) is 0 Å². The van der Waals surface area contributed by atoms with Crippen LogP contribution in [0.2, 0.25) is 0 Å². The quantitative estimate of drug-likeness (QED) is 0.309. The molecule has 0 aliphatic heterocycles. The summed E-state index contributed by atoms with van der Waals surface area (Å²) in [5, 5.41) is 11.5. The van der Waals surface area contributed by atoms with E-state index in [0.717, 1.165) is 31.0 Å². The van der Waals surface area contributed by atoms with Crippen LogP contribution in [0.1, 0.15) is 63.9 Å². The van der Waals surface area contributed by atoms with Crippen molar-refractivity contribution in [2.75, 3.05) is 0 Å². The van der Waals surface area contributed by atoms with Crippen LogP contribution in [-0.4, -0.2) is 13.0 Å². The van der Waals surface area contributed by atoms with Crippen LogP contribution < -0.4 is 61.2 Å². The zero-order valence-corrected chi connectivity index (χ0v) is 21.3. The molecule has 29 heavy (non-hydrogen) atoms. The van der Waals surface area contributed by atoms with Crippen molar-refractivity contribution in [1.29, 1.82) is 0 Å². The fourth-order valence-corrected chi connectivity index (χ4v) is 3.69. The van der Waals surface area contributed by atoms with Gasteiger partial charge in [-0.25, -0.2) is 0 Å². The molecule has 0 saturated heterocycles. The number of benzene rings is 2. The number of hydrogen-bond acceptors (Lipinski definition) is 4. The first kappa shape index (κ1) is 26.6. The molecule has 0 heterocycles. The van der Waals surface area contributed by atoms with Crippen LogP contribution in [-0.2, 0) is 16.5 Å². The van der Waals surface area contributed by atoms with E-state index in [9.17, 15) is 18.1 Å². The molecular formula is C22H29KO5S. The molecule has 0 aliphatic carbocycles. The van der Waals surface area contributed by atoms with Gasteiger partial charge in [-0.3, -0.25) is 4.55 Å². The van der Waals surface area contributed by atoms with Crippen molar-refractivity contribution in [2.45, 2.75) is 69.6 Å². The molecule has 0 unspecified atom stereocenters. The van der Waals surface area contributed by atoms with Gasteiger partial charge in [0.2, 0.25) is 0 Å². The van der Waals surface area contributed by atoms with Crippen molar-refractivity contribution in [3.63, 3.8) is 0 Å². The van der Waals surface area contributed by atoms with E-state index in [2.05, 4.69) is 6.92 Å². The molecule has 2 rings (SSSR count). The maximum absolute atomic E-state index is 11.5. The summed E-state index contributed by atoms with van der Waals surface area (Å²) < 4.78 is 37.7. The van der Waals surface area contributed by atoms with E-state index < -0.39 is 20.8 Å². The molecule has 1 N–H and O–H groups in total. The molecule has 2 aromatic carbocycles. The maximum atomic E-state index is 11.5. The van der Waals surface area contributed by atoms with E-state index in [1.807, 2.05) is 12.1 Å². The summed E-state index contributed by atoms with van der Waals surface area (Å²) in [7, 11) is -4.47. The normalized spacial score (nSPS) is 11.1. The molecule has 5 nitrogen and oxygen atoms in total. The molecule has 0 amide bonds. The van der Waals surface area contributed by atoms with Crippen molar-refractivity contribution in [3.05, 3.63) is 48.0 Å². The van der Waals surface area contributed by atoms with Crippen LogP contribution in [0.15, 0.2) is 47.4 Å². The molecule has 0 fully saturated rings. The molecule has 0 spiro atoms. The standard InChI is InChI=1S/C22H30O5S.K/c1-2-3-4-5-6-7-8-9-10-18-11-14-20(15-12-18)27-21-17-19(23)13-16-22(21)28(24,25)26;/h11-17,23H,2-10H2,1H3,(H,24,25,26);/q;+1/p-1. The van der Waals surface area contributed by atoms with E-state index in [1.165, 1.54) is 50.5 Å². The third kappa shape index (κ3) is 9.96. The van der Waals surface area contributed by atoms with Crippen molar-refractivity contribution in [3.8, 4) is 17.2 Å². The second-order valence-electron chi connectivity index (χ2n) is 7.05. The average Bonchev–Trinajstić information content (AvgIpc) is 2.64. The molecule has 0 aliphatic rings. The van der Waals surface area contributed by atoms with Gasteiger partial charge in [-0.15, -0.1) is 5.75 Å². The van der Waals surface area contributed by atoms with Crippen LogP contribution >= 0.6 is 0 Å². The largest absolute Gasteiger partial charge is 1.00 e. The van der Waals surface area contributed by atoms with Gasteiger partial charge < -0.3 is 9.84 Å². The molecule has 154 valence electrons. The van der Waals surface area contributed by atoms with Crippen LogP contribution in [0.4, 0.5) is 0 Å². The summed E-state index contributed by atoms with van der Waals surface area (Å²) in [4.78, 5) is -0.421. The topological polar surface area (TPSA) is 86.7 Å². The Balaban J connectivity index is 0.00000420. The molecule has 0 atom stereocenters. The molecule has 0 saturated carbocycles. The Morgan fingerprint density at radius 1 is 0.897 bits per heavy atom.